The molecule has 1 unspecified atom stereocenters. The number of hydrogen-bond donors (Lipinski definition) is 0. The van der Waals surface area contributed by atoms with Crippen molar-refractivity contribution in [1.29, 1.82) is 0 Å². The topological polar surface area (TPSA) is 95.7 Å². The molecule has 0 amide bonds. The predicted molar refractivity (Wildman–Crippen MR) is 139 cm³/mol. The number of hydrogen-bond acceptors (Lipinski definition) is 8. The Kier molecular flexibility index (Phi) is 9.24. The molecule has 3 aromatic rings. The van der Waals surface area contributed by atoms with Crippen molar-refractivity contribution in [2.45, 2.75) is 57.3 Å². The first kappa shape index (κ1) is 27.1. The minimum absolute atomic E-state index is 0.0102. The number of nitrogens with zero attached hydrogens (tertiary/aromatic N) is 1. The number of aromatic nitrogens is 1. The molecule has 0 aliphatic heterocycles. The van der Waals surface area contributed by atoms with Gasteiger partial charge >= 0.3 is 5.97 Å². The fourth-order valence-electron chi connectivity index (χ4n) is 3.34. The second-order valence-electron chi connectivity index (χ2n) is 9.40. The summed E-state index contributed by atoms with van der Waals surface area (Å²) >= 11 is 1.10. The first-order valence-corrected chi connectivity index (χ1v) is 14.5. The summed E-state index contributed by atoms with van der Waals surface area (Å²) in [5, 5.41) is 0.352. The molecule has 0 bridgehead atoms. The third-order valence-corrected chi connectivity index (χ3v) is 7.88. The Bertz CT molecular complexity index is 1180. The normalized spacial score (nSPS) is 13.0. The number of unbranched alkanes of at least 4 members (excludes halogenated alkanes) is 1. The zero-order chi connectivity index (χ0) is 25.5. The highest BCUT2D eigenvalue weighted by Crippen LogP contribution is 2.25. The van der Waals surface area contributed by atoms with Gasteiger partial charge in [-0.1, -0.05) is 70.1 Å². The number of carbonyl (C=O) groups is 1. The minimum atomic E-state index is -3.40. The van der Waals surface area contributed by atoms with Gasteiger partial charge in [0.25, 0.3) is 5.22 Å². The van der Waals surface area contributed by atoms with E-state index in [1.54, 1.807) is 6.07 Å². The van der Waals surface area contributed by atoms with Crippen LogP contribution in [0.1, 0.15) is 46.1 Å². The van der Waals surface area contributed by atoms with E-state index in [1.165, 1.54) is 0 Å². The molecular weight excluding hydrogens is 486 g/mol. The Morgan fingerprint density at radius 1 is 1.11 bits per heavy atom. The molecule has 0 radical (unpaired) electrons. The van der Waals surface area contributed by atoms with Crippen LogP contribution in [0.3, 0.4) is 0 Å². The summed E-state index contributed by atoms with van der Waals surface area (Å²) in [5.41, 5.74) is 2.51. The van der Waals surface area contributed by atoms with Crippen molar-refractivity contribution in [1.82, 2.24) is 4.98 Å². The van der Waals surface area contributed by atoms with Gasteiger partial charge in [0.1, 0.15) is 29.7 Å². The maximum absolute atomic E-state index is 12.5. The van der Waals surface area contributed by atoms with Gasteiger partial charge in [0, 0.05) is 0 Å². The number of benzene rings is 2. The minimum Gasteiger partial charge on any atom is -0.490 e. The number of fused-ring (bicyclic) bond motifs is 1. The lowest BCUT2D eigenvalue weighted by Crippen LogP contribution is -2.33. The monoisotopic (exact) mass is 519 g/mol. The number of rotatable bonds is 12. The smallest absolute Gasteiger partial charge is 0.316 e. The number of carbonyl (C=O) groups excluding carboxylic acids is 1. The highest BCUT2D eigenvalue weighted by atomic mass is 32.2. The fourth-order valence-corrected chi connectivity index (χ4v) is 5.59. The largest absolute Gasteiger partial charge is 0.490 e. The van der Waals surface area contributed by atoms with Crippen molar-refractivity contribution in [2.75, 3.05) is 23.9 Å². The Morgan fingerprint density at radius 2 is 1.83 bits per heavy atom. The number of ether oxygens (including phenoxy) is 2. The van der Waals surface area contributed by atoms with E-state index in [9.17, 15) is 13.2 Å². The van der Waals surface area contributed by atoms with E-state index in [2.05, 4.69) is 25.8 Å². The van der Waals surface area contributed by atoms with E-state index >= 15 is 0 Å². The Balaban J connectivity index is 1.62. The lowest BCUT2D eigenvalue weighted by molar-refractivity contribution is -0.146. The summed E-state index contributed by atoms with van der Waals surface area (Å²) in [5.74, 6) is -0.258. The molecule has 2 aromatic carbocycles. The fraction of sp³-hybridized carbons (Fsp3) is 0.462. The molecule has 0 spiro atoms. The zero-order valence-electron chi connectivity index (χ0n) is 20.7. The van der Waals surface area contributed by atoms with Crippen molar-refractivity contribution >= 4 is 38.7 Å². The first-order valence-electron chi connectivity index (χ1n) is 11.7. The first-order chi connectivity index (χ1) is 16.6. The standard InChI is InChI=1S/C26H33NO6S2/c1-5-6-15-35(29,30)18-21(16-31-20-13-11-19(12-14-20)26(2,3)4)32-24(28)17-34-25-27-22-9-7-8-10-23(22)33-25/h7-14,21H,5-6,15-18H2,1-4H3. The van der Waals surface area contributed by atoms with Gasteiger partial charge in [-0.05, 0) is 41.7 Å². The number of oxazole rings is 1. The molecule has 1 aromatic heterocycles. The van der Waals surface area contributed by atoms with Crippen LogP contribution in [0.2, 0.25) is 0 Å². The molecule has 0 N–H and O–H groups in total. The third-order valence-electron chi connectivity index (χ3n) is 5.29. The highest BCUT2D eigenvalue weighted by molar-refractivity contribution is 7.99. The quantitative estimate of drug-likeness (QED) is 0.231. The molecule has 35 heavy (non-hydrogen) atoms. The predicted octanol–water partition coefficient (Wildman–Crippen LogP) is 5.42. The molecule has 1 heterocycles. The number of esters is 1. The third kappa shape index (κ3) is 8.58. The van der Waals surface area contributed by atoms with Crippen molar-refractivity contribution in [3.8, 4) is 5.75 Å². The maximum atomic E-state index is 12.5. The van der Waals surface area contributed by atoms with E-state index in [1.807, 2.05) is 49.4 Å². The van der Waals surface area contributed by atoms with Crippen molar-refractivity contribution in [2.24, 2.45) is 0 Å². The molecular formula is C26H33NO6S2. The van der Waals surface area contributed by atoms with E-state index < -0.39 is 21.9 Å². The average molecular weight is 520 g/mol. The Labute approximate surface area is 211 Å². The van der Waals surface area contributed by atoms with Crippen LogP contribution in [0.5, 0.6) is 5.75 Å². The summed E-state index contributed by atoms with van der Waals surface area (Å²) in [6.45, 7) is 8.25. The van der Waals surface area contributed by atoms with Gasteiger partial charge in [0.05, 0.1) is 11.5 Å². The molecule has 7 nitrogen and oxygen atoms in total. The molecule has 0 saturated carbocycles. The lowest BCUT2D eigenvalue weighted by Gasteiger charge is -2.21. The van der Waals surface area contributed by atoms with Crippen LogP contribution in [0.4, 0.5) is 0 Å². The number of thioether (sulfide) groups is 1. The van der Waals surface area contributed by atoms with Gasteiger partial charge < -0.3 is 13.9 Å². The second kappa shape index (κ2) is 11.9. The van der Waals surface area contributed by atoms with E-state index in [0.717, 1.165) is 23.7 Å². The number of sulfone groups is 1. The van der Waals surface area contributed by atoms with Crippen LogP contribution in [0, 0.1) is 0 Å². The second-order valence-corrected chi connectivity index (χ2v) is 12.6. The summed E-state index contributed by atoms with van der Waals surface area (Å²) in [4.78, 5) is 16.9. The van der Waals surface area contributed by atoms with Gasteiger partial charge in [-0.2, -0.15) is 0 Å². The van der Waals surface area contributed by atoms with Crippen molar-refractivity contribution in [3.05, 3.63) is 54.1 Å². The van der Waals surface area contributed by atoms with E-state index in [-0.39, 0.29) is 29.3 Å². The number of para-hydroxylation sites is 2. The summed E-state index contributed by atoms with van der Waals surface area (Å²) in [6, 6.07) is 15.0. The van der Waals surface area contributed by atoms with Crippen LogP contribution in [0.25, 0.3) is 11.1 Å². The molecule has 0 aliphatic rings. The molecule has 9 heteroatoms. The van der Waals surface area contributed by atoms with Gasteiger partial charge in [-0.25, -0.2) is 13.4 Å². The van der Waals surface area contributed by atoms with Crippen LogP contribution in [-0.2, 0) is 24.8 Å². The molecule has 3 rings (SSSR count). The summed E-state index contributed by atoms with van der Waals surface area (Å²) < 4.78 is 42.0. The van der Waals surface area contributed by atoms with Gasteiger partial charge in [0.15, 0.2) is 15.4 Å². The average Bonchev–Trinajstić information content (AvgIpc) is 3.22. The molecule has 190 valence electrons. The Morgan fingerprint density at radius 3 is 2.49 bits per heavy atom. The molecule has 0 saturated heterocycles. The molecule has 1 atom stereocenters. The molecule has 0 aliphatic carbocycles. The summed E-state index contributed by atoms with van der Waals surface area (Å²) in [7, 11) is -3.40. The summed E-state index contributed by atoms with van der Waals surface area (Å²) in [6.07, 6.45) is 0.406. The van der Waals surface area contributed by atoms with E-state index in [0.29, 0.717) is 28.5 Å². The zero-order valence-corrected chi connectivity index (χ0v) is 22.3. The lowest BCUT2D eigenvalue weighted by atomic mass is 9.87. The van der Waals surface area contributed by atoms with Crippen molar-refractivity contribution in [3.63, 3.8) is 0 Å². The van der Waals surface area contributed by atoms with Gasteiger partial charge in [-0.15, -0.1) is 0 Å². The maximum Gasteiger partial charge on any atom is 0.316 e. The van der Waals surface area contributed by atoms with Crippen LogP contribution in [-0.4, -0.2) is 49.3 Å². The Hall–Kier alpha value is -2.52. The van der Waals surface area contributed by atoms with Crippen LogP contribution < -0.4 is 4.74 Å². The van der Waals surface area contributed by atoms with Gasteiger partial charge in [-0.3, -0.25) is 4.79 Å². The highest BCUT2D eigenvalue weighted by Gasteiger charge is 2.24. The van der Waals surface area contributed by atoms with Crippen LogP contribution >= 0.6 is 11.8 Å². The van der Waals surface area contributed by atoms with E-state index in [4.69, 9.17) is 13.9 Å². The van der Waals surface area contributed by atoms with Crippen LogP contribution in [0.15, 0.2) is 58.2 Å². The SMILES string of the molecule is CCCCS(=O)(=O)CC(COc1ccc(C(C)(C)C)cc1)OC(=O)CSc1nc2ccccc2o1. The molecule has 0 fully saturated rings. The van der Waals surface area contributed by atoms with Gasteiger partial charge in [0.2, 0.25) is 0 Å². The van der Waals surface area contributed by atoms with Crippen molar-refractivity contribution < 1.29 is 27.1 Å².